The molecule has 2 aliphatic carbocycles. The molecule has 1 nitrogen and oxygen atoms in total. The highest BCUT2D eigenvalue weighted by Crippen LogP contribution is 2.47. The Bertz CT molecular complexity index is 415. The van der Waals surface area contributed by atoms with Gasteiger partial charge in [0, 0.05) is 12.1 Å². The lowest BCUT2D eigenvalue weighted by molar-refractivity contribution is 0.278. The third-order valence-corrected chi connectivity index (χ3v) is 4.72. The first-order valence-electron chi connectivity index (χ1n) is 6.88. The van der Waals surface area contributed by atoms with Crippen molar-refractivity contribution in [3.8, 4) is 0 Å². The lowest BCUT2D eigenvalue weighted by atomic mass is 9.74. The maximum absolute atomic E-state index is 3.80. The van der Waals surface area contributed by atoms with Crippen LogP contribution in [0.2, 0.25) is 0 Å². The Kier molecular flexibility index (Phi) is 2.55. The van der Waals surface area contributed by atoms with Gasteiger partial charge in [-0.2, -0.15) is 0 Å². The van der Waals surface area contributed by atoms with Gasteiger partial charge in [0.15, 0.2) is 0 Å². The normalized spacial score (nSPS) is 34.2. The van der Waals surface area contributed by atoms with E-state index in [0.717, 1.165) is 18.0 Å². The van der Waals surface area contributed by atoms with Crippen LogP contribution in [0.25, 0.3) is 0 Å². The van der Waals surface area contributed by atoms with E-state index >= 15 is 0 Å². The molecule has 1 atom stereocenters. The van der Waals surface area contributed by atoms with Gasteiger partial charge in [0.05, 0.1) is 0 Å². The third-order valence-electron chi connectivity index (χ3n) is 4.72. The Labute approximate surface area is 105 Å². The molecule has 0 aromatic heterocycles. The fraction of sp³-hybridized carbons (Fsp3) is 0.625. The summed E-state index contributed by atoms with van der Waals surface area (Å²) in [6.45, 7) is 6.96. The highest BCUT2D eigenvalue weighted by atomic mass is 15.0. The van der Waals surface area contributed by atoms with Crippen molar-refractivity contribution in [1.82, 2.24) is 5.32 Å². The molecule has 0 heterocycles. The monoisotopic (exact) mass is 229 g/mol. The smallest absolute Gasteiger partial charge is 0.0127 e. The van der Waals surface area contributed by atoms with E-state index in [1.165, 1.54) is 24.8 Å². The molecule has 0 amide bonds. The van der Waals surface area contributed by atoms with Crippen LogP contribution in [0.15, 0.2) is 24.3 Å². The van der Waals surface area contributed by atoms with E-state index in [-0.39, 0.29) is 0 Å². The maximum atomic E-state index is 3.80. The minimum absolute atomic E-state index is 0.563. The number of rotatable bonds is 3. The molecule has 2 fully saturated rings. The van der Waals surface area contributed by atoms with Gasteiger partial charge in [-0.25, -0.2) is 0 Å². The van der Waals surface area contributed by atoms with Crippen molar-refractivity contribution in [3.05, 3.63) is 35.4 Å². The molecule has 0 saturated heterocycles. The van der Waals surface area contributed by atoms with Crippen LogP contribution in [-0.2, 0) is 0 Å². The molecule has 0 radical (unpaired) electrons. The molecule has 2 aliphatic rings. The maximum Gasteiger partial charge on any atom is 0.0127 e. The summed E-state index contributed by atoms with van der Waals surface area (Å²) in [4.78, 5) is 0. The standard InChI is InChI=1S/C16H23N/c1-11-6-4-5-7-14(11)12-8-13(9-12)17-15-10-16(15,2)3/h4-7,12-13,15,17H,8-10H2,1-3H3. The van der Waals surface area contributed by atoms with Crippen molar-refractivity contribution in [3.63, 3.8) is 0 Å². The molecule has 1 N–H and O–H groups in total. The second-order valence-corrected chi connectivity index (χ2v) is 6.63. The predicted molar refractivity (Wildman–Crippen MR) is 72.3 cm³/mol. The van der Waals surface area contributed by atoms with Crippen LogP contribution in [0.3, 0.4) is 0 Å². The Balaban J connectivity index is 1.53. The Hall–Kier alpha value is -0.820. The number of benzene rings is 1. The number of hydrogen-bond donors (Lipinski definition) is 1. The van der Waals surface area contributed by atoms with E-state index in [9.17, 15) is 0 Å². The van der Waals surface area contributed by atoms with Crippen LogP contribution in [0, 0.1) is 12.3 Å². The summed E-state index contributed by atoms with van der Waals surface area (Å²) in [5.74, 6) is 0.801. The highest BCUT2D eigenvalue weighted by Gasteiger charge is 2.47. The van der Waals surface area contributed by atoms with Gasteiger partial charge in [0.25, 0.3) is 0 Å². The summed E-state index contributed by atoms with van der Waals surface area (Å²) in [7, 11) is 0. The molecule has 1 heteroatoms. The SMILES string of the molecule is Cc1ccccc1C1CC(NC2CC2(C)C)C1. The first-order valence-corrected chi connectivity index (χ1v) is 6.88. The van der Waals surface area contributed by atoms with Crippen molar-refractivity contribution < 1.29 is 0 Å². The van der Waals surface area contributed by atoms with E-state index in [0.29, 0.717) is 5.41 Å². The Morgan fingerprint density at radius 3 is 2.41 bits per heavy atom. The van der Waals surface area contributed by atoms with Crippen LogP contribution >= 0.6 is 0 Å². The first kappa shape index (κ1) is 11.3. The summed E-state index contributed by atoms with van der Waals surface area (Å²) in [6.07, 6.45) is 4.02. The molecule has 3 rings (SSSR count). The predicted octanol–water partition coefficient (Wildman–Crippen LogP) is 3.63. The molecule has 0 bridgehead atoms. The second-order valence-electron chi connectivity index (χ2n) is 6.63. The lowest BCUT2D eigenvalue weighted by Gasteiger charge is -2.37. The zero-order chi connectivity index (χ0) is 12.0. The molecular weight excluding hydrogens is 206 g/mol. The topological polar surface area (TPSA) is 12.0 Å². The largest absolute Gasteiger partial charge is 0.311 e. The van der Waals surface area contributed by atoms with Crippen LogP contribution in [0.1, 0.15) is 50.2 Å². The number of aryl methyl sites for hydroxylation is 1. The lowest BCUT2D eigenvalue weighted by Crippen LogP contribution is -2.42. The molecule has 1 unspecified atom stereocenters. The fourth-order valence-electron chi connectivity index (χ4n) is 3.09. The van der Waals surface area contributed by atoms with Crippen LogP contribution < -0.4 is 5.32 Å². The minimum Gasteiger partial charge on any atom is -0.311 e. The number of nitrogens with one attached hydrogen (secondary N) is 1. The van der Waals surface area contributed by atoms with Crippen molar-refractivity contribution in [2.24, 2.45) is 5.41 Å². The summed E-state index contributed by atoms with van der Waals surface area (Å²) < 4.78 is 0. The third kappa shape index (κ3) is 2.13. The van der Waals surface area contributed by atoms with Gasteiger partial charge >= 0.3 is 0 Å². The van der Waals surface area contributed by atoms with Crippen LogP contribution in [0.4, 0.5) is 0 Å². The van der Waals surface area contributed by atoms with E-state index in [2.05, 4.69) is 50.4 Å². The van der Waals surface area contributed by atoms with E-state index in [1.54, 1.807) is 5.56 Å². The molecule has 2 saturated carbocycles. The summed E-state index contributed by atoms with van der Waals surface area (Å²) in [6, 6.07) is 10.4. The van der Waals surface area contributed by atoms with Crippen molar-refractivity contribution in [2.75, 3.05) is 0 Å². The average Bonchev–Trinajstić information content (AvgIpc) is 2.81. The summed E-state index contributed by atoms with van der Waals surface area (Å²) in [5.41, 5.74) is 3.59. The fourth-order valence-corrected chi connectivity index (χ4v) is 3.09. The summed E-state index contributed by atoms with van der Waals surface area (Å²) >= 11 is 0. The van der Waals surface area contributed by atoms with Gasteiger partial charge in [-0.05, 0) is 48.6 Å². The number of hydrogen-bond acceptors (Lipinski definition) is 1. The van der Waals surface area contributed by atoms with Gasteiger partial charge in [-0.1, -0.05) is 38.1 Å². The van der Waals surface area contributed by atoms with Crippen LogP contribution in [-0.4, -0.2) is 12.1 Å². The van der Waals surface area contributed by atoms with Gasteiger partial charge < -0.3 is 5.32 Å². The molecule has 0 aliphatic heterocycles. The minimum atomic E-state index is 0.563. The quantitative estimate of drug-likeness (QED) is 0.834. The Morgan fingerprint density at radius 1 is 1.18 bits per heavy atom. The summed E-state index contributed by atoms with van der Waals surface area (Å²) in [5, 5.41) is 3.80. The van der Waals surface area contributed by atoms with Gasteiger partial charge in [-0.3, -0.25) is 0 Å². The molecular formula is C16H23N. The van der Waals surface area contributed by atoms with Gasteiger partial charge in [-0.15, -0.1) is 0 Å². The Morgan fingerprint density at radius 2 is 1.82 bits per heavy atom. The van der Waals surface area contributed by atoms with E-state index in [1.807, 2.05) is 0 Å². The molecule has 92 valence electrons. The molecule has 1 aromatic rings. The molecule has 1 aromatic carbocycles. The highest BCUT2D eigenvalue weighted by molar-refractivity contribution is 5.31. The average molecular weight is 229 g/mol. The zero-order valence-corrected chi connectivity index (χ0v) is 11.2. The van der Waals surface area contributed by atoms with E-state index in [4.69, 9.17) is 0 Å². The zero-order valence-electron chi connectivity index (χ0n) is 11.2. The van der Waals surface area contributed by atoms with Crippen molar-refractivity contribution in [1.29, 1.82) is 0 Å². The second kappa shape index (κ2) is 3.84. The van der Waals surface area contributed by atoms with Crippen LogP contribution in [0.5, 0.6) is 0 Å². The van der Waals surface area contributed by atoms with Gasteiger partial charge in [0.1, 0.15) is 0 Å². The van der Waals surface area contributed by atoms with Crippen molar-refractivity contribution in [2.45, 2.75) is 58.0 Å². The first-order chi connectivity index (χ1) is 8.06. The van der Waals surface area contributed by atoms with Crippen molar-refractivity contribution >= 4 is 0 Å². The molecule has 0 spiro atoms. The van der Waals surface area contributed by atoms with Gasteiger partial charge in [0.2, 0.25) is 0 Å². The van der Waals surface area contributed by atoms with E-state index < -0.39 is 0 Å². The molecule has 17 heavy (non-hydrogen) atoms.